The molecule has 47 heavy (non-hydrogen) atoms. The summed E-state index contributed by atoms with van der Waals surface area (Å²) in [5.74, 6) is -0.627. The number of aliphatic hydroxyl groups is 1. The number of thiazole rings is 1. The Labute approximate surface area is 279 Å². The molecule has 2 saturated heterocycles. The number of carbonyl (C=O) groups excluding carboxylic acids is 2. The van der Waals surface area contributed by atoms with Crippen molar-refractivity contribution in [3.63, 3.8) is 0 Å². The third kappa shape index (κ3) is 7.30. The average Bonchev–Trinajstić information content (AvgIpc) is 3.76. The lowest BCUT2D eigenvalue weighted by molar-refractivity contribution is -0.141. The molecule has 0 spiro atoms. The highest BCUT2D eigenvalue weighted by Gasteiger charge is 2.44. The van der Waals surface area contributed by atoms with Crippen LogP contribution in [0.25, 0.3) is 10.4 Å². The van der Waals surface area contributed by atoms with Crippen LogP contribution in [0.3, 0.4) is 0 Å². The van der Waals surface area contributed by atoms with Gasteiger partial charge in [-0.05, 0) is 36.3 Å². The zero-order valence-electron chi connectivity index (χ0n) is 28.1. The minimum atomic E-state index is -0.948. The summed E-state index contributed by atoms with van der Waals surface area (Å²) in [6.45, 7) is 15.0. The molecular formula is C34H46N6O6S. The molecule has 3 N–H and O–H groups in total. The highest BCUT2D eigenvalue weighted by Crippen LogP contribution is 2.35. The molecule has 2 unspecified atom stereocenters. The van der Waals surface area contributed by atoms with Gasteiger partial charge in [-0.2, -0.15) is 0 Å². The number of carboxylic acid groups (broad SMARTS) is 1. The van der Waals surface area contributed by atoms with Crippen molar-refractivity contribution in [2.24, 2.45) is 11.3 Å². The van der Waals surface area contributed by atoms with Gasteiger partial charge < -0.3 is 34.8 Å². The molecule has 2 aromatic heterocycles. The lowest BCUT2D eigenvalue weighted by Gasteiger charge is -2.45. The Hall–Kier alpha value is -3.97. The smallest absolute Gasteiger partial charge is 0.407 e. The van der Waals surface area contributed by atoms with Gasteiger partial charge in [0.05, 0.1) is 34.3 Å². The number of likely N-dealkylation sites (tertiary alicyclic amines) is 1. The van der Waals surface area contributed by atoms with Gasteiger partial charge in [-0.3, -0.25) is 9.59 Å². The summed E-state index contributed by atoms with van der Waals surface area (Å²) in [5, 5.41) is 27.7. The van der Waals surface area contributed by atoms with Crippen LogP contribution in [0.4, 0.5) is 10.6 Å². The van der Waals surface area contributed by atoms with E-state index in [-0.39, 0.29) is 48.2 Å². The van der Waals surface area contributed by atoms with E-state index in [4.69, 9.17) is 4.52 Å². The van der Waals surface area contributed by atoms with Gasteiger partial charge in [0.25, 0.3) is 0 Å². The summed E-state index contributed by atoms with van der Waals surface area (Å²) < 4.78 is 5.77. The monoisotopic (exact) mass is 666 g/mol. The molecule has 3 amide bonds. The number of aromatic nitrogens is 2. The summed E-state index contributed by atoms with van der Waals surface area (Å²) in [6, 6.07) is 8.33. The Morgan fingerprint density at radius 2 is 1.77 bits per heavy atom. The molecule has 2 aliphatic heterocycles. The summed E-state index contributed by atoms with van der Waals surface area (Å²) >= 11 is 1.58. The van der Waals surface area contributed by atoms with Crippen LogP contribution in [0, 0.1) is 18.3 Å². The highest BCUT2D eigenvalue weighted by molar-refractivity contribution is 7.13. The van der Waals surface area contributed by atoms with Gasteiger partial charge >= 0.3 is 6.09 Å². The van der Waals surface area contributed by atoms with Crippen molar-refractivity contribution in [2.75, 3.05) is 31.1 Å². The number of nitrogens with one attached hydrogen (secondary N) is 1. The molecule has 2 fully saturated rings. The maximum atomic E-state index is 14.1. The molecule has 2 aliphatic rings. The fourth-order valence-corrected chi connectivity index (χ4v) is 7.46. The van der Waals surface area contributed by atoms with Crippen molar-refractivity contribution < 1.29 is 29.1 Å². The number of aryl methyl sites for hydroxylation is 1. The largest absolute Gasteiger partial charge is 0.465 e. The van der Waals surface area contributed by atoms with Crippen LogP contribution >= 0.6 is 11.3 Å². The highest BCUT2D eigenvalue weighted by atomic mass is 32.1. The van der Waals surface area contributed by atoms with Crippen molar-refractivity contribution in [1.29, 1.82) is 0 Å². The summed E-state index contributed by atoms with van der Waals surface area (Å²) in [4.78, 5) is 50.0. The lowest BCUT2D eigenvalue weighted by Crippen LogP contribution is -2.59. The van der Waals surface area contributed by atoms with E-state index in [9.17, 15) is 24.6 Å². The number of hydrogen-bond donors (Lipinski definition) is 3. The van der Waals surface area contributed by atoms with E-state index in [1.54, 1.807) is 17.4 Å². The van der Waals surface area contributed by atoms with E-state index < -0.39 is 24.2 Å². The summed E-state index contributed by atoms with van der Waals surface area (Å²) in [5.41, 5.74) is 4.49. The van der Waals surface area contributed by atoms with Gasteiger partial charge in [0.2, 0.25) is 11.8 Å². The van der Waals surface area contributed by atoms with Crippen LogP contribution in [0.2, 0.25) is 0 Å². The Morgan fingerprint density at radius 3 is 2.36 bits per heavy atom. The van der Waals surface area contributed by atoms with Gasteiger partial charge in [0, 0.05) is 38.7 Å². The molecule has 13 heteroatoms. The van der Waals surface area contributed by atoms with E-state index in [1.807, 2.05) is 83.1 Å². The van der Waals surface area contributed by atoms with Crippen LogP contribution in [0.5, 0.6) is 0 Å². The molecule has 0 saturated carbocycles. The van der Waals surface area contributed by atoms with E-state index in [0.29, 0.717) is 31.2 Å². The second-order valence-electron chi connectivity index (χ2n) is 14.1. The van der Waals surface area contributed by atoms with E-state index in [0.717, 1.165) is 21.7 Å². The predicted molar refractivity (Wildman–Crippen MR) is 179 cm³/mol. The van der Waals surface area contributed by atoms with Crippen molar-refractivity contribution >= 4 is 35.1 Å². The Bertz CT molecular complexity index is 1580. The van der Waals surface area contributed by atoms with Gasteiger partial charge in [0.15, 0.2) is 11.6 Å². The first kappa shape index (κ1) is 34.4. The van der Waals surface area contributed by atoms with Crippen molar-refractivity contribution in [3.05, 3.63) is 52.9 Å². The topological polar surface area (TPSA) is 152 Å². The Morgan fingerprint density at radius 1 is 1.06 bits per heavy atom. The lowest BCUT2D eigenvalue weighted by atomic mass is 9.84. The number of carbonyl (C=O) groups is 3. The molecule has 12 nitrogen and oxygen atoms in total. The summed E-state index contributed by atoms with van der Waals surface area (Å²) in [6.07, 6.45) is -1.64. The average molecular weight is 667 g/mol. The maximum Gasteiger partial charge on any atom is 0.407 e. The van der Waals surface area contributed by atoms with Crippen molar-refractivity contribution in [2.45, 2.75) is 85.0 Å². The molecule has 0 bridgehead atoms. The molecule has 3 aromatic rings. The number of rotatable bonds is 8. The first-order valence-electron chi connectivity index (χ1n) is 16.2. The predicted octanol–water partition coefficient (Wildman–Crippen LogP) is 4.90. The molecule has 0 aliphatic carbocycles. The van der Waals surface area contributed by atoms with E-state index in [1.165, 1.54) is 9.80 Å². The van der Waals surface area contributed by atoms with Crippen molar-refractivity contribution in [1.82, 2.24) is 25.3 Å². The van der Waals surface area contributed by atoms with E-state index >= 15 is 0 Å². The maximum absolute atomic E-state index is 14.1. The zero-order chi connectivity index (χ0) is 34.2. The van der Waals surface area contributed by atoms with Crippen LogP contribution in [0.15, 0.2) is 40.4 Å². The Kier molecular flexibility index (Phi) is 9.97. The number of aliphatic hydroxyl groups excluding tert-OH is 1. The number of anilines is 1. The molecule has 254 valence electrons. The molecule has 5 rings (SSSR count). The number of amides is 3. The van der Waals surface area contributed by atoms with Crippen LogP contribution in [-0.2, 0) is 9.59 Å². The second kappa shape index (κ2) is 13.6. The number of piperazine rings is 1. The first-order chi connectivity index (χ1) is 22.1. The number of β-amino-alcohol motifs (C(OH)–C–C–N with tert-alkyl or cyclic N) is 1. The Balaban J connectivity index is 1.29. The standard InChI is InChI=1S/C34H46N6O6S/c1-19(2)29(26-15-28(37-46-26)38-12-13-39(33(44)45)27(17-38)34(5,6)7)32(43)40-16-24(41)14-25(40)31(42)36-20(3)22-8-10-23(11-9-22)30-21(4)35-18-47-30/h8-11,15,18-20,24-25,27,29,41H,12-14,16-17H2,1-7H3,(H,36,42)(H,44,45)/t20-,24+,25-,27?,29?/m0/s1. The molecule has 4 heterocycles. The minimum absolute atomic E-state index is 0.0445. The fourth-order valence-electron chi connectivity index (χ4n) is 6.65. The van der Waals surface area contributed by atoms with E-state index in [2.05, 4.69) is 15.5 Å². The van der Waals surface area contributed by atoms with Gasteiger partial charge in [-0.1, -0.05) is 64.0 Å². The van der Waals surface area contributed by atoms with Gasteiger partial charge in [-0.25, -0.2) is 9.78 Å². The third-order valence-corrected chi connectivity index (χ3v) is 10.3. The summed E-state index contributed by atoms with van der Waals surface area (Å²) in [7, 11) is 0. The number of hydrogen-bond acceptors (Lipinski definition) is 9. The first-order valence-corrected chi connectivity index (χ1v) is 17.0. The minimum Gasteiger partial charge on any atom is -0.465 e. The zero-order valence-corrected chi connectivity index (χ0v) is 29.0. The fraction of sp³-hybridized carbons (Fsp3) is 0.559. The SMILES string of the molecule is Cc1ncsc1-c1ccc([C@H](C)NC(=O)[C@@H]2C[C@@H](O)CN2C(=O)C(c2cc(N3CCN(C(=O)O)C(C(C)(C)C)C3)no2)C(C)C)cc1. The van der Waals surface area contributed by atoms with Crippen LogP contribution < -0.4 is 10.2 Å². The third-order valence-electron chi connectivity index (χ3n) is 9.35. The molecule has 1 aromatic carbocycles. The quantitative estimate of drug-likeness (QED) is 0.305. The molecule has 5 atom stereocenters. The number of benzene rings is 1. The van der Waals surface area contributed by atoms with Crippen LogP contribution in [0.1, 0.15) is 76.9 Å². The van der Waals surface area contributed by atoms with Gasteiger partial charge in [0.1, 0.15) is 12.0 Å². The second-order valence-corrected chi connectivity index (χ2v) is 15.0. The molecular weight excluding hydrogens is 620 g/mol. The normalized spacial score (nSPS) is 21.6. The van der Waals surface area contributed by atoms with Crippen molar-refractivity contribution in [3.8, 4) is 10.4 Å². The van der Waals surface area contributed by atoms with Gasteiger partial charge in [-0.15, -0.1) is 11.3 Å². The molecule has 0 radical (unpaired) electrons. The number of nitrogens with zero attached hydrogens (tertiary/aromatic N) is 5. The van der Waals surface area contributed by atoms with Crippen LogP contribution in [-0.4, -0.2) is 92.4 Å².